The Balaban J connectivity index is 2.40. The molecule has 0 aliphatic carbocycles. The minimum absolute atomic E-state index is 0.293. The fraction of sp³-hybridized carbons (Fsp3) is 0.429. The molecule has 0 bridgehead atoms. The van der Waals surface area contributed by atoms with Crippen LogP contribution < -0.4 is 4.74 Å². The molecule has 1 aromatic rings. The Labute approximate surface area is 59.2 Å². The molecule has 3 heteroatoms. The van der Waals surface area contributed by atoms with Crippen LogP contribution in [0.1, 0.15) is 13.3 Å². The van der Waals surface area contributed by atoms with E-state index in [1.54, 1.807) is 19.1 Å². The molecule has 1 aromatic heterocycles. The average Bonchev–Trinajstić information content (AvgIpc) is 2.40. The Kier molecular flexibility index (Phi) is 2.34. The lowest BCUT2D eigenvalue weighted by Gasteiger charge is -2.04. The molecule has 0 spiro atoms. The first-order chi connectivity index (χ1) is 4.83. The van der Waals surface area contributed by atoms with Gasteiger partial charge in [-0.05, 0) is 6.07 Å². The van der Waals surface area contributed by atoms with Crippen LogP contribution in [-0.4, -0.2) is 6.29 Å². The zero-order valence-corrected chi connectivity index (χ0v) is 5.74. The summed E-state index contributed by atoms with van der Waals surface area (Å²) in [5, 5.41) is 10.7. The van der Waals surface area contributed by atoms with Crippen molar-refractivity contribution < 1.29 is 14.3 Å². The van der Waals surface area contributed by atoms with Gasteiger partial charge in [0.05, 0.1) is 6.26 Å². The van der Waals surface area contributed by atoms with Gasteiger partial charge in [-0.3, -0.25) is 0 Å². The maximum Gasteiger partial charge on any atom is 0.286 e. The minimum Gasteiger partial charge on any atom is -0.434 e. The van der Waals surface area contributed by atoms with Gasteiger partial charge in [0.1, 0.15) is 0 Å². The third kappa shape index (κ3) is 1.77. The van der Waals surface area contributed by atoms with Crippen LogP contribution in [-0.2, 0) is 5.11 Å². The van der Waals surface area contributed by atoms with Crippen LogP contribution in [0.3, 0.4) is 0 Å². The molecule has 3 nitrogen and oxygen atoms in total. The van der Waals surface area contributed by atoms with E-state index in [2.05, 4.69) is 0 Å². The summed E-state index contributed by atoms with van der Waals surface area (Å²) in [6, 6.07) is 3.29. The van der Waals surface area contributed by atoms with Crippen LogP contribution >= 0.6 is 0 Å². The summed E-state index contributed by atoms with van der Waals surface area (Å²) in [5.74, 6) is 0.293. The molecule has 1 radical (unpaired) electrons. The van der Waals surface area contributed by atoms with Gasteiger partial charge >= 0.3 is 0 Å². The van der Waals surface area contributed by atoms with Gasteiger partial charge in [-0.2, -0.15) is 5.11 Å². The second-order valence-electron chi connectivity index (χ2n) is 1.89. The largest absolute Gasteiger partial charge is 0.434 e. The van der Waals surface area contributed by atoms with E-state index in [-0.39, 0.29) is 0 Å². The molecule has 0 aromatic carbocycles. The molecule has 0 aliphatic rings. The van der Waals surface area contributed by atoms with E-state index >= 15 is 0 Å². The monoisotopic (exact) mass is 141 g/mol. The van der Waals surface area contributed by atoms with E-state index in [4.69, 9.17) is 9.15 Å². The highest BCUT2D eigenvalue weighted by Crippen LogP contribution is 2.12. The number of ether oxygens (including phenoxy) is 1. The summed E-state index contributed by atoms with van der Waals surface area (Å²) >= 11 is 0. The van der Waals surface area contributed by atoms with Crippen molar-refractivity contribution in [3.05, 3.63) is 18.4 Å². The number of rotatable bonds is 3. The lowest BCUT2D eigenvalue weighted by molar-refractivity contribution is -0.0834. The molecule has 0 saturated carbocycles. The third-order valence-corrected chi connectivity index (χ3v) is 1.08. The summed E-state index contributed by atoms with van der Waals surface area (Å²) < 4.78 is 9.56. The van der Waals surface area contributed by atoms with Crippen molar-refractivity contribution in [1.29, 1.82) is 0 Å². The lowest BCUT2D eigenvalue weighted by Crippen LogP contribution is -2.10. The first-order valence-electron chi connectivity index (χ1n) is 3.19. The van der Waals surface area contributed by atoms with Crippen LogP contribution in [0.2, 0.25) is 0 Å². The van der Waals surface area contributed by atoms with Gasteiger partial charge in [0, 0.05) is 12.5 Å². The Morgan fingerprint density at radius 2 is 2.60 bits per heavy atom. The number of furan rings is 1. The summed E-state index contributed by atoms with van der Waals surface area (Å²) in [4.78, 5) is 0. The SMILES string of the molecule is CCC([O])Oc1ccco1. The van der Waals surface area contributed by atoms with E-state index in [0.717, 1.165) is 0 Å². The van der Waals surface area contributed by atoms with Crippen molar-refractivity contribution in [3.8, 4) is 5.95 Å². The number of hydrogen-bond acceptors (Lipinski definition) is 2. The maximum atomic E-state index is 10.7. The van der Waals surface area contributed by atoms with Gasteiger partial charge in [0.25, 0.3) is 5.95 Å². The Hall–Kier alpha value is -0.960. The average molecular weight is 141 g/mol. The molecule has 0 N–H and O–H groups in total. The molecule has 0 fully saturated rings. The van der Waals surface area contributed by atoms with Gasteiger partial charge in [-0.25, -0.2) is 0 Å². The summed E-state index contributed by atoms with van der Waals surface area (Å²) in [7, 11) is 0. The fourth-order valence-corrected chi connectivity index (χ4v) is 0.543. The number of hydrogen-bond donors (Lipinski definition) is 0. The minimum atomic E-state index is -1.01. The van der Waals surface area contributed by atoms with Crippen molar-refractivity contribution in [2.24, 2.45) is 0 Å². The van der Waals surface area contributed by atoms with Gasteiger partial charge in [-0.1, -0.05) is 6.92 Å². The summed E-state index contributed by atoms with van der Waals surface area (Å²) in [6.45, 7) is 1.76. The third-order valence-electron chi connectivity index (χ3n) is 1.08. The molecule has 1 unspecified atom stereocenters. The smallest absolute Gasteiger partial charge is 0.286 e. The second-order valence-corrected chi connectivity index (χ2v) is 1.89. The first-order valence-corrected chi connectivity index (χ1v) is 3.19. The molecule has 10 heavy (non-hydrogen) atoms. The molecule has 0 saturated heterocycles. The van der Waals surface area contributed by atoms with Crippen LogP contribution in [0, 0.1) is 0 Å². The molecule has 1 atom stereocenters. The summed E-state index contributed by atoms with van der Waals surface area (Å²) in [6.07, 6.45) is 0.907. The van der Waals surface area contributed by atoms with Crippen molar-refractivity contribution in [2.45, 2.75) is 19.6 Å². The topological polar surface area (TPSA) is 42.3 Å². The van der Waals surface area contributed by atoms with Crippen LogP contribution in [0.25, 0.3) is 0 Å². The van der Waals surface area contributed by atoms with E-state index < -0.39 is 6.29 Å². The van der Waals surface area contributed by atoms with E-state index in [9.17, 15) is 5.11 Å². The quantitative estimate of drug-likeness (QED) is 0.602. The van der Waals surface area contributed by atoms with Gasteiger partial charge in [-0.15, -0.1) is 0 Å². The van der Waals surface area contributed by atoms with Gasteiger partial charge in [0.15, 0.2) is 0 Å². The highest BCUT2D eigenvalue weighted by molar-refractivity contribution is 5.03. The highest BCUT2D eigenvalue weighted by atomic mass is 16.7. The molecule has 55 valence electrons. The Morgan fingerprint density at radius 3 is 3.10 bits per heavy atom. The maximum absolute atomic E-state index is 10.7. The molecule has 0 amide bonds. The fourth-order valence-electron chi connectivity index (χ4n) is 0.543. The van der Waals surface area contributed by atoms with Crippen molar-refractivity contribution in [1.82, 2.24) is 0 Å². The second kappa shape index (κ2) is 3.27. The van der Waals surface area contributed by atoms with Crippen molar-refractivity contribution >= 4 is 0 Å². The van der Waals surface area contributed by atoms with Crippen LogP contribution in [0.5, 0.6) is 5.95 Å². The van der Waals surface area contributed by atoms with Crippen LogP contribution in [0.4, 0.5) is 0 Å². The predicted molar refractivity (Wildman–Crippen MR) is 34.1 cm³/mol. The first kappa shape index (κ1) is 7.15. The zero-order valence-electron chi connectivity index (χ0n) is 5.74. The lowest BCUT2D eigenvalue weighted by atomic mass is 10.5. The van der Waals surface area contributed by atoms with Crippen molar-refractivity contribution in [2.75, 3.05) is 0 Å². The Morgan fingerprint density at radius 1 is 1.80 bits per heavy atom. The standard InChI is InChI=1S/C7H9O3/c1-2-6(8)10-7-4-3-5-9-7/h3-6H,2H2,1H3. The highest BCUT2D eigenvalue weighted by Gasteiger charge is 2.04. The van der Waals surface area contributed by atoms with E-state index in [1.807, 2.05) is 0 Å². The molecule has 1 heterocycles. The van der Waals surface area contributed by atoms with Gasteiger partial charge < -0.3 is 9.15 Å². The predicted octanol–water partition coefficient (Wildman–Crippen LogP) is 1.82. The molecule has 1 rings (SSSR count). The van der Waals surface area contributed by atoms with Gasteiger partial charge in [0.2, 0.25) is 6.29 Å². The Bertz CT molecular complexity index is 169. The van der Waals surface area contributed by atoms with Crippen molar-refractivity contribution in [3.63, 3.8) is 0 Å². The zero-order chi connectivity index (χ0) is 7.40. The van der Waals surface area contributed by atoms with E-state index in [0.29, 0.717) is 12.4 Å². The molecular weight excluding hydrogens is 132 g/mol. The van der Waals surface area contributed by atoms with E-state index in [1.165, 1.54) is 6.26 Å². The molecule has 0 aliphatic heterocycles. The normalized spacial score (nSPS) is 13.0. The summed E-state index contributed by atoms with van der Waals surface area (Å²) in [5.41, 5.74) is 0. The van der Waals surface area contributed by atoms with Crippen LogP contribution in [0.15, 0.2) is 22.8 Å². The molecular formula is C7H9O3.